The lowest BCUT2D eigenvalue weighted by atomic mass is 9.80. The van der Waals surface area contributed by atoms with Crippen molar-refractivity contribution in [2.24, 2.45) is 17.6 Å². The van der Waals surface area contributed by atoms with E-state index in [1.165, 1.54) is 0 Å². The summed E-state index contributed by atoms with van der Waals surface area (Å²) in [7, 11) is 1.76. The van der Waals surface area contributed by atoms with E-state index in [-0.39, 0.29) is 18.4 Å². The summed E-state index contributed by atoms with van der Waals surface area (Å²) in [6, 6.07) is 26.4. The molecule has 1 amide bonds. The molecule has 0 saturated carbocycles. The zero-order chi connectivity index (χ0) is 27.0. The summed E-state index contributed by atoms with van der Waals surface area (Å²) < 4.78 is 6.41. The van der Waals surface area contributed by atoms with Crippen molar-refractivity contribution in [2.75, 3.05) is 13.6 Å². The van der Waals surface area contributed by atoms with Gasteiger partial charge in [-0.05, 0) is 18.4 Å². The molecule has 3 aromatic carbocycles. The maximum Gasteiger partial charge on any atom is 0.308 e. The van der Waals surface area contributed by atoms with Crippen LogP contribution in [0.4, 0.5) is 0 Å². The Balaban J connectivity index is 1.98. The van der Waals surface area contributed by atoms with Gasteiger partial charge in [0, 0.05) is 47.3 Å². The van der Waals surface area contributed by atoms with E-state index >= 15 is 0 Å². The summed E-state index contributed by atoms with van der Waals surface area (Å²) in [6.07, 6.45) is 0.724. The number of nitrogens with two attached hydrogens (primary N) is 1. The van der Waals surface area contributed by atoms with Gasteiger partial charge in [0.05, 0.1) is 6.42 Å². The molecular weight excluding hydrogens is 484 g/mol. The van der Waals surface area contributed by atoms with Crippen molar-refractivity contribution in [1.29, 1.82) is 0 Å². The minimum absolute atomic E-state index is 0.0754. The van der Waals surface area contributed by atoms with Crippen molar-refractivity contribution in [1.82, 2.24) is 4.90 Å². The van der Waals surface area contributed by atoms with Crippen LogP contribution in [-0.2, 0) is 19.9 Å². The van der Waals surface area contributed by atoms with Gasteiger partial charge in [-0.1, -0.05) is 111 Å². The average Bonchev–Trinajstić information content (AvgIpc) is 2.90. The van der Waals surface area contributed by atoms with Crippen LogP contribution < -0.4 is 5.73 Å². The van der Waals surface area contributed by atoms with Crippen LogP contribution in [0.1, 0.15) is 50.3 Å². The van der Waals surface area contributed by atoms with E-state index in [2.05, 4.69) is 13.8 Å². The highest BCUT2D eigenvalue weighted by atomic mass is 35.5. The normalized spacial score (nSPS) is 13.2. The predicted octanol–water partition coefficient (Wildman–Crippen LogP) is 6.03. The van der Waals surface area contributed by atoms with E-state index in [0.29, 0.717) is 23.0 Å². The number of hydrogen-bond acceptors (Lipinski definition) is 4. The molecule has 0 bridgehead atoms. The summed E-state index contributed by atoms with van der Waals surface area (Å²) in [6.45, 7) is 6.33. The summed E-state index contributed by atoms with van der Waals surface area (Å²) in [5, 5.41) is 0.478. The lowest BCUT2D eigenvalue weighted by Crippen LogP contribution is -2.45. The number of halogens is 1. The first kappa shape index (κ1) is 28.4. The number of amides is 1. The molecule has 0 fully saturated rings. The Labute approximate surface area is 225 Å². The Bertz CT molecular complexity index is 1130. The van der Waals surface area contributed by atoms with E-state index < -0.39 is 17.5 Å². The molecule has 37 heavy (non-hydrogen) atoms. The molecule has 0 aliphatic carbocycles. The number of esters is 1. The average molecular weight is 521 g/mol. The molecule has 0 radical (unpaired) electrons. The van der Waals surface area contributed by atoms with E-state index in [0.717, 1.165) is 17.5 Å². The minimum atomic E-state index is -1.29. The molecule has 0 aliphatic heterocycles. The topological polar surface area (TPSA) is 72.6 Å². The molecule has 0 aliphatic rings. The van der Waals surface area contributed by atoms with Crippen LogP contribution in [0.5, 0.6) is 0 Å². The van der Waals surface area contributed by atoms with Crippen LogP contribution in [0.3, 0.4) is 0 Å². The molecule has 0 heterocycles. The number of nitrogens with zero attached hydrogens (tertiary/aromatic N) is 1. The monoisotopic (exact) mass is 520 g/mol. The third-order valence-electron chi connectivity index (χ3n) is 6.69. The standard InChI is InChI=1S/C31H37ClN2O3/c1-22(2)19-26(21-33)34(4)30(36)23(3)20-29(35)37-31(24-13-7-5-8-14-24,25-15-9-6-10-16-25)27-17-11-12-18-28(27)32/h5-18,22-23,26H,19-21,33H2,1-4H3/t23-,26+/m1/s1. The van der Waals surface area contributed by atoms with Crippen molar-refractivity contribution >= 4 is 23.5 Å². The summed E-state index contributed by atoms with van der Waals surface area (Å²) in [5.41, 5.74) is 6.84. The van der Waals surface area contributed by atoms with E-state index in [1.54, 1.807) is 24.9 Å². The smallest absolute Gasteiger partial charge is 0.308 e. The highest BCUT2D eigenvalue weighted by molar-refractivity contribution is 6.31. The Morgan fingerprint density at radius 3 is 1.89 bits per heavy atom. The zero-order valence-electron chi connectivity index (χ0n) is 22.1. The van der Waals surface area contributed by atoms with Gasteiger partial charge in [-0.15, -0.1) is 0 Å². The van der Waals surface area contributed by atoms with Crippen molar-refractivity contribution in [3.8, 4) is 0 Å². The fourth-order valence-electron chi connectivity index (χ4n) is 4.78. The molecule has 0 aromatic heterocycles. The number of likely N-dealkylation sites (N-methyl/N-ethyl adjacent to an activating group) is 1. The van der Waals surface area contributed by atoms with Crippen molar-refractivity contribution < 1.29 is 14.3 Å². The first-order chi connectivity index (χ1) is 17.7. The van der Waals surface area contributed by atoms with Gasteiger partial charge in [0.25, 0.3) is 0 Å². The largest absolute Gasteiger partial charge is 0.444 e. The third-order valence-corrected chi connectivity index (χ3v) is 7.02. The first-order valence-electron chi connectivity index (χ1n) is 12.7. The number of carbonyl (C=O) groups excluding carboxylic acids is 2. The predicted molar refractivity (Wildman–Crippen MR) is 149 cm³/mol. The number of benzene rings is 3. The van der Waals surface area contributed by atoms with Gasteiger partial charge in [0.2, 0.25) is 5.91 Å². The molecule has 2 N–H and O–H groups in total. The molecule has 0 saturated heterocycles. The molecule has 2 atom stereocenters. The quantitative estimate of drug-likeness (QED) is 0.247. The highest BCUT2D eigenvalue weighted by Crippen LogP contribution is 2.43. The third kappa shape index (κ3) is 6.60. The second kappa shape index (κ2) is 12.9. The maximum absolute atomic E-state index is 13.6. The van der Waals surface area contributed by atoms with Crippen LogP contribution >= 0.6 is 11.6 Å². The van der Waals surface area contributed by atoms with E-state index in [4.69, 9.17) is 22.1 Å². The molecule has 5 nitrogen and oxygen atoms in total. The second-order valence-electron chi connectivity index (χ2n) is 9.94. The lowest BCUT2D eigenvalue weighted by Gasteiger charge is -2.36. The number of hydrogen-bond donors (Lipinski definition) is 1. The Morgan fingerprint density at radius 1 is 0.892 bits per heavy atom. The van der Waals surface area contributed by atoms with Gasteiger partial charge in [-0.3, -0.25) is 9.59 Å². The number of ether oxygens (including phenoxy) is 1. The lowest BCUT2D eigenvalue weighted by molar-refractivity contribution is -0.157. The molecule has 0 spiro atoms. The number of carbonyl (C=O) groups is 2. The van der Waals surface area contributed by atoms with Crippen molar-refractivity contribution in [3.05, 3.63) is 107 Å². The highest BCUT2D eigenvalue weighted by Gasteiger charge is 2.42. The fraction of sp³-hybridized carbons (Fsp3) is 0.355. The summed E-state index contributed by atoms with van der Waals surface area (Å²) in [4.78, 5) is 28.5. The molecule has 196 valence electrons. The minimum Gasteiger partial charge on any atom is -0.444 e. The number of rotatable bonds is 11. The van der Waals surface area contributed by atoms with Crippen LogP contribution in [-0.4, -0.2) is 36.4 Å². The van der Waals surface area contributed by atoms with Gasteiger partial charge in [-0.25, -0.2) is 0 Å². The van der Waals surface area contributed by atoms with Gasteiger partial charge in [-0.2, -0.15) is 0 Å². The molecule has 6 heteroatoms. The summed E-state index contributed by atoms with van der Waals surface area (Å²) >= 11 is 6.72. The van der Waals surface area contributed by atoms with Crippen molar-refractivity contribution in [3.63, 3.8) is 0 Å². The molecule has 3 rings (SSSR count). The second-order valence-corrected chi connectivity index (χ2v) is 10.3. The van der Waals surface area contributed by atoms with Gasteiger partial charge in [0.15, 0.2) is 5.60 Å². The molecule has 3 aromatic rings. The zero-order valence-corrected chi connectivity index (χ0v) is 22.8. The molecule has 0 unspecified atom stereocenters. The van der Waals surface area contributed by atoms with Gasteiger partial charge < -0.3 is 15.4 Å². The summed E-state index contributed by atoms with van der Waals surface area (Å²) in [5.74, 6) is -0.794. The fourth-order valence-corrected chi connectivity index (χ4v) is 5.05. The van der Waals surface area contributed by atoms with Crippen LogP contribution in [0, 0.1) is 11.8 Å². The van der Waals surface area contributed by atoms with Crippen LogP contribution in [0.2, 0.25) is 5.02 Å². The first-order valence-corrected chi connectivity index (χ1v) is 13.1. The Morgan fingerprint density at radius 2 is 1.41 bits per heavy atom. The molecular formula is C31H37ClN2O3. The van der Waals surface area contributed by atoms with E-state index in [1.807, 2.05) is 78.9 Å². The Hall–Kier alpha value is -3.15. The van der Waals surface area contributed by atoms with Crippen LogP contribution in [0.25, 0.3) is 0 Å². The maximum atomic E-state index is 13.6. The van der Waals surface area contributed by atoms with Gasteiger partial charge in [0.1, 0.15) is 0 Å². The van der Waals surface area contributed by atoms with Gasteiger partial charge >= 0.3 is 5.97 Å². The Kier molecular flexibility index (Phi) is 9.90. The SMILES string of the molecule is CC(C)C[C@@H](CN)N(C)C(=O)[C@H](C)CC(=O)OC(c1ccccc1)(c1ccccc1)c1ccccc1Cl. The van der Waals surface area contributed by atoms with Crippen LogP contribution in [0.15, 0.2) is 84.9 Å². The van der Waals surface area contributed by atoms with E-state index in [9.17, 15) is 9.59 Å². The van der Waals surface area contributed by atoms with Crippen molar-refractivity contribution in [2.45, 2.75) is 45.3 Å².